The van der Waals surface area contributed by atoms with Crippen LogP contribution in [0.5, 0.6) is 0 Å². The van der Waals surface area contributed by atoms with E-state index < -0.39 is 23.6 Å². The van der Waals surface area contributed by atoms with Gasteiger partial charge in [0, 0.05) is 22.5 Å². The Bertz CT molecular complexity index is 932. The van der Waals surface area contributed by atoms with Gasteiger partial charge in [0.05, 0.1) is 11.6 Å². The fraction of sp³-hybridized carbons (Fsp3) is 0.111. The van der Waals surface area contributed by atoms with E-state index in [4.69, 9.17) is 23.8 Å². The summed E-state index contributed by atoms with van der Waals surface area (Å²) >= 11 is 11.5. The van der Waals surface area contributed by atoms with Gasteiger partial charge in [-0.05, 0) is 42.9 Å². The predicted molar refractivity (Wildman–Crippen MR) is 101 cm³/mol. The number of allylic oxidation sites excluding steroid dienone is 1. The van der Waals surface area contributed by atoms with E-state index in [9.17, 15) is 13.6 Å². The smallest absolute Gasteiger partial charge is 0.255 e. The van der Waals surface area contributed by atoms with Crippen LogP contribution in [0.3, 0.4) is 0 Å². The fourth-order valence-corrected chi connectivity index (χ4v) is 3.23. The van der Waals surface area contributed by atoms with Gasteiger partial charge in [0.1, 0.15) is 0 Å². The molecule has 0 bridgehead atoms. The number of nitrogens with one attached hydrogen (secondary N) is 3. The number of halogens is 3. The highest BCUT2D eigenvalue weighted by atomic mass is 35.5. The second-order valence-electron chi connectivity index (χ2n) is 5.67. The predicted octanol–water partition coefficient (Wildman–Crippen LogP) is 4.05. The first-order valence-electron chi connectivity index (χ1n) is 7.66. The van der Waals surface area contributed by atoms with Crippen molar-refractivity contribution in [2.45, 2.75) is 13.0 Å². The number of hydrogen-bond donors (Lipinski definition) is 3. The standard InChI is InChI=1S/C18H14ClF2N3OS/c1-9-15(17(25)23-10-6-7-13(20)14(21)8-10)16(24-18(26)22-9)11-4-2-3-5-12(11)19/h2-8,16H,1H3,(H,23,25)(H2,22,24,26). The Hall–Kier alpha value is -2.51. The molecule has 0 radical (unpaired) electrons. The van der Waals surface area contributed by atoms with Crippen molar-refractivity contribution < 1.29 is 13.6 Å². The van der Waals surface area contributed by atoms with Crippen molar-refractivity contribution in [3.8, 4) is 0 Å². The SMILES string of the molecule is CC1=C(C(=O)Nc2ccc(F)c(F)c2)C(c2ccccc2Cl)NC(=S)N1. The van der Waals surface area contributed by atoms with Gasteiger partial charge in [-0.15, -0.1) is 0 Å². The van der Waals surface area contributed by atoms with Crippen molar-refractivity contribution >= 4 is 40.5 Å². The number of amides is 1. The molecule has 3 rings (SSSR count). The van der Waals surface area contributed by atoms with Crippen LogP contribution >= 0.6 is 23.8 Å². The van der Waals surface area contributed by atoms with Crippen molar-refractivity contribution in [3.63, 3.8) is 0 Å². The van der Waals surface area contributed by atoms with Crippen molar-refractivity contribution in [2.24, 2.45) is 0 Å². The van der Waals surface area contributed by atoms with Gasteiger partial charge >= 0.3 is 0 Å². The highest BCUT2D eigenvalue weighted by Crippen LogP contribution is 2.32. The van der Waals surface area contributed by atoms with Gasteiger partial charge in [-0.25, -0.2) is 8.78 Å². The molecule has 3 N–H and O–H groups in total. The topological polar surface area (TPSA) is 53.2 Å². The Balaban J connectivity index is 1.97. The number of anilines is 1. The van der Waals surface area contributed by atoms with E-state index >= 15 is 0 Å². The zero-order valence-electron chi connectivity index (χ0n) is 13.6. The highest BCUT2D eigenvalue weighted by molar-refractivity contribution is 7.80. The first-order chi connectivity index (χ1) is 12.4. The molecule has 26 heavy (non-hydrogen) atoms. The molecule has 1 aliphatic heterocycles. The Morgan fingerprint density at radius 3 is 2.62 bits per heavy atom. The summed E-state index contributed by atoms with van der Waals surface area (Å²) in [6, 6.07) is 9.65. The molecule has 4 nitrogen and oxygen atoms in total. The van der Waals surface area contributed by atoms with E-state index in [2.05, 4.69) is 16.0 Å². The van der Waals surface area contributed by atoms with Gasteiger partial charge in [0.15, 0.2) is 16.7 Å². The molecule has 2 aromatic carbocycles. The summed E-state index contributed by atoms with van der Waals surface area (Å²) < 4.78 is 26.5. The van der Waals surface area contributed by atoms with Gasteiger partial charge in [-0.3, -0.25) is 4.79 Å². The molecule has 8 heteroatoms. The van der Waals surface area contributed by atoms with Crippen LogP contribution in [0.25, 0.3) is 0 Å². The maximum atomic E-state index is 13.4. The van der Waals surface area contributed by atoms with Crippen LogP contribution in [0.4, 0.5) is 14.5 Å². The summed E-state index contributed by atoms with van der Waals surface area (Å²) in [5.74, 6) is -2.52. The van der Waals surface area contributed by atoms with Crippen LogP contribution in [0, 0.1) is 11.6 Å². The van der Waals surface area contributed by atoms with Crippen LogP contribution in [0.15, 0.2) is 53.7 Å². The zero-order chi connectivity index (χ0) is 18.8. The molecule has 1 atom stereocenters. The molecule has 0 aliphatic carbocycles. The quantitative estimate of drug-likeness (QED) is 0.689. The third-order valence-corrected chi connectivity index (χ3v) is 4.47. The first-order valence-corrected chi connectivity index (χ1v) is 8.44. The van der Waals surface area contributed by atoms with Crippen LogP contribution in [-0.4, -0.2) is 11.0 Å². The van der Waals surface area contributed by atoms with Crippen LogP contribution < -0.4 is 16.0 Å². The molecule has 1 aliphatic rings. The minimum atomic E-state index is -1.04. The maximum absolute atomic E-state index is 13.4. The van der Waals surface area contributed by atoms with Gasteiger partial charge in [-0.1, -0.05) is 29.8 Å². The second kappa shape index (κ2) is 7.39. The number of rotatable bonds is 3. The van der Waals surface area contributed by atoms with Gasteiger partial charge < -0.3 is 16.0 Å². The summed E-state index contributed by atoms with van der Waals surface area (Å²) in [6.45, 7) is 1.71. The van der Waals surface area contributed by atoms with Gasteiger partial charge in [-0.2, -0.15) is 0 Å². The van der Waals surface area contributed by atoms with Crippen LogP contribution in [0.1, 0.15) is 18.5 Å². The van der Waals surface area contributed by atoms with E-state index in [1.54, 1.807) is 31.2 Å². The third kappa shape index (κ3) is 3.68. The van der Waals surface area contributed by atoms with Crippen molar-refractivity contribution in [1.82, 2.24) is 10.6 Å². The Morgan fingerprint density at radius 2 is 1.92 bits per heavy atom. The molecule has 0 spiro atoms. The first kappa shape index (κ1) is 18.3. The minimum Gasteiger partial charge on any atom is -0.351 e. The van der Waals surface area contributed by atoms with Gasteiger partial charge in [0.2, 0.25) is 0 Å². The molecule has 2 aromatic rings. The van der Waals surface area contributed by atoms with Crippen LogP contribution in [0.2, 0.25) is 5.02 Å². The molecule has 1 unspecified atom stereocenters. The molecule has 0 saturated carbocycles. The second-order valence-corrected chi connectivity index (χ2v) is 6.49. The normalized spacial score (nSPS) is 16.8. The fourth-order valence-electron chi connectivity index (χ4n) is 2.71. The van der Waals surface area contributed by atoms with E-state index in [0.29, 0.717) is 27.0 Å². The van der Waals surface area contributed by atoms with E-state index in [-0.39, 0.29) is 5.69 Å². The summed E-state index contributed by atoms with van der Waals surface area (Å²) in [6.07, 6.45) is 0. The van der Waals surface area contributed by atoms with Crippen LogP contribution in [-0.2, 0) is 4.79 Å². The number of carbonyl (C=O) groups is 1. The average molecular weight is 394 g/mol. The Kier molecular flexibility index (Phi) is 5.20. The zero-order valence-corrected chi connectivity index (χ0v) is 15.1. The molecular formula is C18H14ClF2N3OS. The number of hydrogen-bond acceptors (Lipinski definition) is 2. The number of thiocarbonyl (C=S) groups is 1. The summed E-state index contributed by atoms with van der Waals surface area (Å²) in [5, 5.41) is 9.33. The third-order valence-electron chi connectivity index (χ3n) is 3.91. The number of carbonyl (C=O) groups excluding carboxylic acids is 1. The summed E-state index contributed by atoms with van der Waals surface area (Å²) in [7, 11) is 0. The average Bonchev–Trinajstić information content (AvgIpc) is 2.57. The van der Waals surface area contributed by atoms with E-state index in [1.165, 1.54) is 6.07 Å². The largest absolute Gasteiger partial charge is 0.351 e. The molecule has 0 aromatic heterocycles. The summed E-state index contributed by atoms with van der Waals surface area (Å²) in [4.78, 5) is 12.8. The van der Waals surface area contributed by atoms with Crippen molar-refractivity contribution in [3.05, 3.63) is 76.0 Å². The lowest BCUT2D eigenvalue weighted by Gasteiger charge is -2.30. The maximum Gasteiger partial charge on any atom is 0.255 e. The summed E-state index contributed by atoms with van der Waals surface area (Å²) in [5.41, 5.74) is 1.70. The Morgan fingerprint density at radius 1 is 1.19 bits per heavy atom. The molecular weight excluding hydrogens is 380 g/mol. The molecule has 134 valence electrons. The van der Waals surface area contributed by atoms with E-state index in [1.807, 2.05) is 0 Å². The molecule has 0 saturated heterocycles. The lowest BCUT2D eigenvalue weighted by atomic mass is 9.95. The molecule has 0 fully saturated rings. The van der Waals surface area contributed by atoms with Crippen molar-refractivity contribution in [1.29, 1.82) is 0 Å². The molecule has 1 heterocycles. The van der Waals surface area contributed by atoms with Gasteiger partial charge in [0.25, 0.3) is 5.91 Å². The monoisotopic (exact) mass is 393 g/mol. The minimum absolute atomic E-state index is 0.139. The lowest BCUT2D eigenvalue weighted by molar-refractivity contribution is -0.113. The van der Waals surface area contributed by atoms with E-state index in [0.717, 1.165) is 12.1 Å². The molecule has 1 amide bonds. The van der Waals surface area contributed by atoms with Crippen molar-refractivity contribution in [2.75, 3.05) is 5.32 Å². The number of benzene rings is 2. The lowest BCUT2D eigenvalue weighted by Crippen LogP contribution is -2.45. The highest BCUT2D eigenvalue weighted by Gasteiger charge is 2.31. The Labute approximate surface area is 159 Å².